The van der Waals surface area contributed by atoms with Crippen molar-refractivity contribution in [3.63, 3.8) is 0 Å². The molecule has 128 valence electrons. The van der Waals surface area contributed by atoms with Gasteiger partial charge in [0.25, 0.3) is 0 Å². The van der Waals surface area contributed by atoms with E-state index in [-0.39, 0.29) is 0 Å². The van der Waals surface area contributed by atoms with Crippen molar-refractivity contribution < 1.29 is 0 Å². The lowest BCUT2D eigenvalue weighted by Gasteiger charge is -2.22. The van der Waals surface area contributed by atoms with E-state index in [1.807, 2.05) is 12.4 Å². The molecule has 0 saturated carbocycles. The summed E-state index contributed by atoms with van der Waals surface area (Å²) in [5, 5.41) is 0. The lowest BCUT2D eigenvalue weighted by atomic mass is 10.1. The Morgan fingerprint density at radius 2 is 1.83 bits per heavy atom. The summed E-state index contributed by atoms with van der Waals surface area (Å²) in [5.74, 6) is 1.16. The third kappa shape index (κ3) is 4.79. The van der Waals surface area contributed by atoms with Crippen LogP contribution < -0.4 is 0 Å². The van der Waals surface area contributed by atoms with E-state index in [2.05, 4.69) is 69.7 Å². The summed E-state index contributed by atoms with van der Waals surface area (Å²) in [7, 11) is 2.07. The van der Waals surface area contributed by atoms with Crippen molar-refractivity contribution in [3.8, 4) is 0 Å². The smallest absolute Gasteiger partial charge is 0.122 e. The van der Waals surface area contributed by atoms with Crippen molar-refractivity contribution in [2.24, 2.45) is 7.05 Å². The lowest BCUT2D eigenvalue weighted by Crippen LogP contribution is -2.32. The summed E-state index contributed by atoms with van der Waals surface area (Å²) in [5.41, 5.74) is 2.72. The second kappa shape index (κ2) is 8.27. The van der Waals surface area contributed by atoms with Gasteiger partial charge < -0.3 is 4.57 Å². The minimum Gasteiger partial charge on any atom is -0.337 e. The molecule has 1 aliphatic rings. The first-order chi connectivity index (χ1) is 11.7. The molecule has 2 heterocycles. The average molecular weight is 324 g/mol. The van der Waals surface area contributed by atoms with Gasteiger partial charge in [0.2, 0.25) is 0 Å². The van der Waals surface area contributed by atoms with Crippen LogP contribution in [0.2, 0.25) is 0 Å². The Labute approximate surface area is 145 Å². The summed E-state index contributed by atoms with van der Waals surface area (Å²) >= 11 is 0. The zero-order valence-electron chi connectivity index (χ0n) is 14.9. The van der Waals surface area contributed by atoms with E-state index in [0.29, 0.717) is 0 Å². The molecular formula is C20H28N4. The van der Waals surface area contributed by atoms with Gasteiger partial charge in [-0.25, -0.2) is 4.98 Å². The molecule has 1 aromatic heterocycles. The summed E-state index contributed by atoms with van der Waals surface area (Å²) in [4.78, 5) is 9.56. The molecule has 1 aliphatic heterocycles. The number of rotatable bonds is 5. The summed E-state index contributed by atoms with van der Waals surface area (Å²) in [6, 6.07) is 10.6. The maximum absolute atomic E-state index is 4.45. The second-order valence-electron chi connectivity index (χ2n) is 6.76. The normalized spacial score (nSPS) is 17.8. The molecule has 24 heavy (non-hydrogen) atoms. The maximum atomic E-state index is 4.45. The standard InChI is InChI=1S/C20H28N4/c1-18(15-19-7-4-3-5-8-19)16-23-10-6-11-24(14-13-23)17-20-21-9-12-22(20)2/h3-5,7-9,12,15H,6,10-11,13-14,16-17H2,1-2H3/b18-15+. The Hall–Kier alpha value is -1.91. The van der Waals surface area contributed by atoms with Crippen LogP contribution in [0.5, 0.6) is 0 Å². The van der Waals surface area contributed by atoms with Crippen LogP contribution in [0.3, 0.4) is 0 Å². The van der Waals surface area contributed by atoms with Crippen LogP contribution in [0.1, 0.15) is 24.7 Å². The first kappa shape index (κ1) is 16.9. The van der Waals surface area contributed by atoms with Crippen LogP contribution in [0.25, 0.3) is 6.08 Å². The number of hydrogen-bond donors (Lipinski definition) is 0. The SMILES string of the molecule is C/C(=C\c1ccccc1)CN1CCCN(Cc2nccn2C)CC1. The summed E-state index contributed by atoms with van der Waals surface area (Å²) in [6.45, 7) is 8.84. The number of hydrogen-bond acceptors (Lipinski definition) is 3. The third-order valence-electron chi connectivity index (χ3n) is 4.65. The Morgan fingerprint density at radius 3 is 2.58 bits per heavy atom. The van der Waals surface area contributed by atoms with E-state index in [0.717, 1.165) is 38.5 Å². The summed E-state index contributed by atoms with van der Waals surface area (Å²) in [6.07, 6.45) is 7.44. The zero-order chi connectivity index (χ0) is 16.8. The molecule has 0 bridgehead atoms. The molecule has 1 saturated heterocycles. The molecule has 0 unspecified atom stereocenters. The fourth-order valence-electron chi connectivity index (χ4n) is 3.32. The maximum Gasteiger partial charge on any atom is 0.122 e. The fraction of sp³-hybridized carbons (Fsp3) is 0.450. The van der Waals surface area contributed by atoms with Gasteiger partial charge in [-0.3, -0.25) is 9.80 Å². The van der Waals surface area contributed by atoms with Crippen LogP contribution in [0.15, 0.2) is 48.3 Å². The van der Waals surface area contributed by atoms with E-state index >= 15 is 0 Å². The highest BCUT2D eigenvalue weighted by atomic mass is 15.2. The first-order valence-corrected chi connectivity index (χ1v) is 8.84. The molecule has 4 nitrogen and oxygen atoms in total. The van der Waals surface area contributed by atoms with E-state index in [4.69, 9.17) is 0 Å². The molecule has 0 N–H and O–H groups in total. The van der Waals surface area contributed by atoms with E-state index in [1.54, 1.807) is 0 Å². The fourth-order valence-corrected chi connectivity index (χ4v) is 3.32. The highest BCUT2D eigenvalue weighted by Crippen LogP contribution is 2.11. The van der Waals surface area contributed by atoms with Crippen LogP contribution in [0.4, 0.5) is 0 Å². The largest absolute Gasteiger partial charge is 0.337 e. The van der Waals surface area contributed by atoms with Crippen molar-refractivity contribution in [3.05, 3.63) is 59.7 Å². The van der Waals surface area contributed by atoms with Crippen LogP contribution in [-0.2, 0) is 13.6 Å². The molecule has 3 rings (SSSR count). The number of aryl methyl sites for hydroxylation is 1. The third-order valence-corrected chi connectivity index (χ3v) is 4.65. The van der Waals surface area contributed by atoms with Crippen molar-refractivity contribution in [2.45, 2.75) is 19.9 Å². The lowest BCUT2D eigenvalue weighted by molar-refractivity contribution is 0.253. The zero-order valence-corrected chi connectivity index (χ0v) is 14.9. The molecule has 0 amide bonds. The van der Waals surface area contributed by atoms with Gasteiger partial charge in [0.05, 0.1) is 6.54 Å². The Kier molecular flexibility index (Phi) is 5.83. The van der Waals surface area contributed by atoms with Crippen LogP contribution >= 0.6 is 0 Å². The van der Waals surface area contributed by atoms with Gasteiger partial charge in [-0.15, -0.1) is 0 Å². The Balaban J connectivity index is 1.52. The molecule has 0 atom stereocenters. The average Bonchev–Trinajstić information content (AvgIpc) is 2.84. The van der Waals surface area contributed by atoms with Gasteiger partial charge in [-0.2, -0.15) is 0 Å². The number of nitrogens with zero attached hydrogens (tertiary/aromatic N) is 4. The van der Waals surface area contributed by atoms with E-state index < -0.39 is 0 Å². The molecule has 0 aliphatic carbocycles. The topological polar surface area (TPSA) is 24.3 Å². The number of imidazole rings is 1. The van der Waals surface area contributed by atoms with Crippen molar-refractivity contribution in [1.29, 1.82) is 0 Å². The monoisotopic (exact) mass is 324 g/mol. The minimum absolute atomic E-state index is 0.955. The molecule has 0 radical (unpaired) electrons. The predicted molar refractivity (Wildman–Crippen MR) is 99.6 cm³/mol. The van der Waals surface area contributed by atoms with Gasteiger partial charge in [0, 0.05) is 39.1 Å². The highest BCUT2D eigenvalue weighted by molar-refractivity contribution is 5.52. The number of benzene rings is 1. The van der Waals surface area contributed by atoms with Gasteiger partial charge >= 0.3 is 0 Å². The quantitative estimate of drug-likeness (QED) is 0.845. The van der Waals surface area contributed by atoms with E-state index in [1.165, 1.54) is 24.1 Å². The molecule has 1 aromatic carbocycles. The molecule has 4 heteroatoms. The van der Waals surface area contributed by atoms with Gasteiger partial charge in [-0.05, 0) is 32.0 Å². The molecule has 0 spiro atoms. The van der Waals surface area contributed by atoms with Crippen LogP contribution in [-0.4, -0.2) is 52.1 Å². The van der Waals surface area contributed by atoms with Gasteiger partial charge in [-0.1, -0.05) is 42.0 Å². The molecule has 1 fully saturated rings. The van der Waals surface area contributed by atoms with Crippen molar-refractivity contribution in [1.82, 2.24) is 19.4 Å². The Morgan fingerprint density at radius 1 is 1.08 bits per heavy atom. The second-order valence-corrected chi connectivity index (χ2v) is 6.76. The van der Waals surface area contributed by atoms with Gasteiger partial charge in [0.15, 0.2) is 0 Å². The minimum atomic E-state index is 0.955. The summed E-state index contributed by atoms with van der Waals surface area (Å²) < 4.78 is 2.12. The Bertz CT molecular complexity index is 659. The van der Waals surface area contributed by atoms with Crippen molar-refractivity contribution in [2.75, 3.05) is 32.7 Å². The van der Waals surface area contributed by atoms with Gasteiger partial charge in [0.1, 0.15) is 5.82 Å². The van der Waals surface area contributed by atoms with Crippen molar-refractivity contribution >= 4 is 6.08 Å². The van der Waals surface area contributed by atoms with E-state index in [9.17, 15) is 0 Å². The highest BCUT2D eigenvalue weighted by Gasteiger charge is 2.16. The van der Waals surface area contributed by atoms with Crippen LogP contribution in [0, 0.1) is 0 Å². The molecular weight excluding hydrogens is 296 g/mol. The predicted octanol–water partition coefficient (Wildman–Crippen LogP) is 3.03. The molecule has 2 aromatic rings. The number of aromatic nitrogens is 2. The first-order valence-electron chi connectivity index (χ1n) is 8.84.